The van der Waals surface area contributed by atoms with Crippen molar-refractivity contribution in [1.82, 2.24) is 4.98 Å². The minimum absolute atomic E-state index is 0.0855. The first-order valence-corrected chi connectivity index (χ1v) is 7.74. The van der Waals surface area contributed by atoms with Crippen LogP contribution in [0.15, 0.2) is 52.1 Å². The van der Waals surface area contributed by atoms with Crippen LogP contribution in [-0.4, -0.2) is 23.1 Å². The molecule has 0 amide bonds. The number of hydrogen-bond acceptors (Lipinski definition) is 4. The number of rotatable bonds is 5. The number of halogens is 1. The first-order valence-electron chi connectivity index (χ1n) is 6.06. The Bertz CT molecular complexity index is 584. The van der Waals surface area contributed by atoms with Gasteiger partial charge in [-0.15, -0.1) is 0 Å². The quantitative estimate of drug-likeness (QED) is 0.597. The highest BCUT2D eigenvalue weighted by Gasteiger charge is 2.17. The number of Topliss-reactive ketones (excluding diaryl/α,β-unsaturated/α-hetero) is 1. The third-order valence-electron chi connectivity index (χ3n) is 2.74. The van der Waals surface area contributed by atoms with Gasteiger partial charge in [-0.2, -0.15) is 0 Å². The van der Waals surface area contributed by atoms with Gasteiger partial charge in [-0.05, 0) is 59.3 Å². The van der Waals surface area contributed by atoms with Gasteiger partial charge in [0.2, 0.25) is 0 Å². The molecule has 0 saturated heterocycles. The molecule has 2 rings (SSSR count). The maximum absolute atomic E-state index is 12.3. The van der Waals surface area contributed by atoms with E-state index in [1.54, 1.807) is 37.6 Å². The summed E-state index contributed by atoms with van der Waals surface area (Å²) in [6, 6.07) is 11.0. The molecule has 1 atom stereocenters. The van der Waals surface area contributed by atoms with E-state index in [-0.39, 0.29) is 11.0 Å². The molecule has 0 saturated carbocycles. The fourth-order valence-corrected chi connectivity index (χ4v) is 2.76. The van der Waals surface area contributed by atoms with Crippen LogP contribution >= 0.6 is 27.7 Å². The highest BCUT2D eigenvalue weighted by molar-refractivity contribution is 9.10. The molecule has 2 aromatic rings. The summed E-state index contributed by atoms with van der Waals surface area (Å²) in [5, 5.41) is 0.652. The number of carbonyl (C=O) groups excluding carboxylic acids is 1. The Morgan fingerprint density at radius 1 is 1.25 bits per heavy atom. The van der Waals surface area contributed by atoms with Crippen molar-refractivity contribution < 1.29 is 9.53 Å². The average molecular weight is 352 g/mol. The molecule has 0 radical (unpaired) electrons. The van der Waals surface area contributed by atoms with E-state index in [4.69, 9.17) is 4.74 Å². The second-order valence-electron chi connectivity index (χ2n) is 4.17. The third kappa shape index (κ3) is 3.84. The molecule has 5 heteroatoms. The largest absolute Gasteiger partial charge is 0.497 e. The lowest BCUT2D eigenvalue weighted by atomic mass is 10.1. The van der Waals surface area contributed by atoms with Gasteiger partial charge in [-0.1, -0.05) is 11.8 Å². The van der Waals surface area contributed by atoms with E-state index in [9.17, 15) is 4.79 Å². The SMILES string of the molecule is COc1ccc(C(=O)C(C)Sc2ccc(Br)cn2)cc1. The van der Waals surface area contributed by atoms with Gasteiger partial charge < -0.3 is 4.74 Å². The molecule has 104 valence electrons. The molecular weight excluding hydrogens is 338 g/mol. The van der Waals surface area contributed by atoms with E-state index in [0.29, 0.717) is 5.56 Å². The van der Waals surface area contributed by atoms with Crippen molar-refractivity contribution >= 4 is 33.5 Å². The molecule has 1 aromatic carbocycles. The van der Waals surface area contributed by atoms with E-state index in [2.05, 4.69) is 20.9 Å². The van der Waals surface area contributed by atoms with Crippen LogP contribution in [0, 0.1) is 0 Å². The zero-order valence-corrected chi connectivity index (χ0v) is 13.6. The molecule has 1 heterocycles. The molecule has 0 bridgehead atoms. The number of ketones is 1. The molecule has 0 aliphatic carbocycles. The van der Waals surface area contributed by atoms with Crippen LogP contribution in [0.4, 0.5) is 0 Å². The van der Waals surface area contributed by atoms with Crippen LogP contribution in [0.3, 0.4) is 0 Å². The van der Waals surface area contributed by atoms with Gasteiger partial charge in [0.25, 0.3) is 0 Å². The first kappa shape index (κ1) is 15.1. The molecule has 0 fully saturated rings. The topological polar surface area (TPSA) is 39.2 Å². The molecule has 0 spiro atoms. The Balaban J connectivity index is 2.05. The molecule has 0 aliphatic rings. The summed E-state index contributed by atoms with van der Waals surface area (Å²) in [6.45, 7) is 1.89. The molecule has 0 N–H and O–H groups in total. The zero-order chi connectivity index (χ0) is 14.5. The van der Waals surface area contributed by atoms with E-state index >= 15 is 0 Å². The molecule has 0 aliphatic heterocycles. The van der Waals surface area contributed by atoms with Crippen LogP contribution in [0.1, 0.15) is 17.3 Å². The van der Waals surface area contributed by atoms with Gasteiger partial charge in [0.05, 0.1) is 17.4 Å². The fourth-order valence-electron chi connectivity index (χ4n) is 1.66. The minimum Gasteiger partial charge on any atom is -0.497 e. The molecule has 20 heavy (non-hydrogen) atoms. The molecular formula is C15H14BrNO2S. The number of thioether (sulfide) groups is 1. The number of benzene rings is 1. The summed E-state index contributed by atoms with van der Waals surface area (Å²) < 4.78 is 6.01. The van der Waals surface area contributed by atoms with Gasteiger partial charge in [0.1, 0.15) is 5.75 Å². The lowest BCUT2D eigenvalue weighted by Crippen LogP contribution is -2.13. The van der Waals surface area contributed by atoms with Gasteiger partial charge in [0, 0.05) is 16.2 Å². The summed E-state index contributed by atoms with van der Waals surface area (Å²) in [5.74, 6) is 0.832. The van der Waals surface area contributed by atoms with Crippen molar-refractivity contribution in [2.24, 2.45) is 0 Å². The highest BCUT2D eigenvalue weighted by Crippen LogP contribution is 2.25. The van der Waals surface area contributed by atoms with Crippen molar-refractivity contribution in [3.63, 3.8) is 0 Å². The van der Waals surface area contributed by atoms with Crippen LogP contribution in [0.2, 0.25) is 0 Å². The summed E-state index contributed by atoms with van der Waals surface area (Å²) in [5.41, 5.74) is 0.683. The third-order valence-corrected chi connectivity index (χ3v) is 4.26. The van der Waals surface area contributed by atoms with Crippen LogP contribution < -0.4 is 4.74 Å². The van der Waals surface area contributed by atoms with E-state index in [0.717, 1.165) is 15.2 Å². The Morgan fingerprint density at radius 2 is 1.95 bits per heavy atom. The maximum Gasteiger partial charge on any atom is 0.175 e. The van der Waals surface area contributed by atoms with Crippen LogP contribution in [0.5, 0.6) is 5.75 Å². The van der Waals surface area contributed by atoms with E-state index in [1.165, 1.54) is 11.8 Å². The van der Waals surface area contributed by atoms with Crippen molar-refractivity contribution in [2.45, 2.75) is 17.2 Å². The smallest absolute Gasteiger partial charge is 0.175 e. The predicted molar refractivity (Wildman–Crippen MR) is 84.6 cm³/mol. The fraction of sp³-hybridized carbons (Fsp3) is 0.200. The second kappa shape index (κ2) is 6.90. The lowest BCUT2D eigenvalue weighted by molar-refractivity contribution is 0.0994. The standard InChI is InChI=1S/C15H14BrNO2S/c1-10(20-14-8-5-12(16)9-17-14)15(18)11-3-6-13(19-2)7-4-11/h3-10H,1-2H3. The number of carbonyl (C=O) groups is 1. The summed E-state index contributed by atoms with van der Waals surface area (Å²) in [6.07, 6.45) is 1.73. The zero-order valence-electron chi connectivity index (χ0n) is 11.2. The normalized spacial score (nSPS) is 11.9. The number of hydrogen-bond donors (Lipinski definition) is 0. The second-order valence-corrected chi connectivity index (χ2v) is 6.44. The molecule has 1 aromatic heterocycles. The monoisotopic (exact) mass is 351 g/mol. The number of methoxy groups -OCH3 is 1. The van der Waals surface area contributed by atoms with Crippen molar-refractivity contribution in [3.8, 4) is 5.75 Å². The van der Waals surface area contributed by atoms with Crippen LogP contribution in [-0.2, 0) is 0 Å². The number of ether oxygens (including phenoxy) is 1. The summed E-state index contributed by atoms with van der Waals surface area (Å²) >= 11 is 4.79. The van der Waals surface area contributed by atoms with E-state index in [1.807, 2.05) is 19.1 Å². The van der Waals surface area contributed by atoms with Crippen molar-refractivity contribution in [2.75, 3.05) is 7.11 Å². The molecule has 1 unspecified atom stereocenters. The Morgan fingerprint density at radius 3 is 2.50 bits per heavy atom. The maximum atomic E-state index is 12.3. The minimum atomic E-state index is -0.183. The first-order chi connectivity index (χ1) is 9.60. The summed E-state index contributed by atoms with van der Waals surface area (Å²) in [7, 11) is 1.61. The Kier molecular flexibility index (Phi) is 5.20. The van der Waals surface area contributed by atoms with Crippen LogP contribution in [0.25, 0.3) is 0 Å². The summed E-state index contributed by atoms with van der Waals surface area (Å²) in [4.78, 5) is 16.6. The van der Waals surface area contributed by atoms with Crippen molar-refractivity contribution in [1.29, 1.82) is 0 Å². The van der Waals surface area contributed by atoms with Gasteiger partial charge in [0.15, 0.2) is 5.78 Å². The lowest BCUT2D eigenvalue weighted by Gasteiger charge is -2.10. The number of nitrogens with zero attached hydrogens (tertiary/aromatic N) is 1. The van der Waals surface area contributed by atoms with Gasteiger partial charge >= 0.3 is 0 Å². The van der Waals surface area contributed by atoms with Gasteiger partial charge in [-0.3, -0.25) is 4.79 Å². The Hall–Kier alpha value is -1.33. The highest BCUT2D eigenvalue weighted by atomic mass is 79.9. The predicted octanol–water partition coefficient (Wildman–Crippen LogP) is 4.22. The van der Waals surface area contributed by atoms with Crippen molar-refractivity contribution in [3.05, 3.63) is 52.6 Å². The average Bonchev–Trinajstić information content (AvgIpc) is 2.49. The molecule has 3 nitrogen and oxygen atoms in total. The number of aromatic nitrogens is 1. The van der Waals surface area contributed by atoms with Gasteiger partial charge in [-0.25, -0.2) is 4.98 Å². The van der Waals surface area contributed by atoms with E-state index < -0.39 is 0 Å². The number of pyridine rings is 1. The Labute approximate surface area is 130 Å².